The van der Waals surface area contributed by atoms with Crippen LogP contribution in [0.1, 0.15) is 53.9 Å². The van der Waals surface area contributed by atoms with Gasteiger partial charge in [0.2, 0.25) is 0 Å². The molecular weight excluding hydrogens is 146 g/mol. The molecule has 0 saturated heterocycles. The van der Waals surface area contributed by atoms with Gasteiger partial charge in [-0.15, -0.1) is 0 Å². The van der Waals surface area contributed by atoms with Crippen LogP contribution in [0.3, 0.4) is 0 Å². The van der Waals surface area contributed by atoms with Crippen molar-refractivity contribution in [3.05, 3.63) is 0 Å². The van der Waals surface area contributed by atoms with Crippen molar-refractivity contribution in [2.45, 2.75) is 59.9 Å². The van der Waals surface area contributed by atoms with E-state index in [1.807, 2.05) is 0 Å². The van der Waals surface area contributed by atoms with Crippen molar-refractivity contribution in [1.82, 2.24) is 0 Å². The molecule has 0 aliphatic carbocycles. The van der Waals surface area contributed by atoms with Gasteiger partial charge in [-0.3, -0.25) is 0 Å². The normalized spacial score (nSPS) is 17.5. The van der Waals surface area contributed by atoms with Gasteiger partial charge in [0.25, 0.3) is 0 Å². The maximum absolute atomic E-state index is 5.88. The minimum Gasteiger partial charge on any atom is -0.328 e. The van der Waals surface area contributed by atoms with Gasteiger partial charge in [0.15, 0.2) is 0 Å². The summed E-state index contributed by atoms with van der Waals surface area (Å²) in [5.74, 6) is 0.712. The molecule has 1 nitrogen and oxygen atoms in total. The minimum atomic E-state index is 0.359. The fourth-order valence-electron chi connectivity index (χ4n) is 1.46. The highest BCUT2D eigenvalue weighted by Crippen LogP contribution is 2.25. The van der Waals surface area contributed by atoms with Crippen molar-refractivity contribution in [2.75, 3.05) is 0 Å². The van der Waals surface area contributed by atoms with E-state index in [0.29, 0.717) is 17.4 Å². The summed E-state index contributed by atoms with van der Waals surface area (Å²) in [6, 6.07) is 0.359. The Morgan fingerprint density at radius 2 is 1.75 bits per heavy atom. The molecule has 1 heteroatoms. The van der Waals surface area contributed by atoms with Crippen LogP contribution < -0.4 is 5.73 Å². The maximum Gasteiger partial charge on any atom is 0.00386 e. The summed E-state index contributed by atoms with van der Waals surface area (Å²) in [7, 11) is 0. The van der Waals surface area contributed by atoms with Crippen molar-refractivity contribution in [3.8, 4) is 0 Å². The average molecular weight is 171 g/mol. The van der Waals surface area contributed by atoms with Crippen LogP contribution in [0.2, 0.25) is 0 Å². The number of nitrogens with two attached hydrogens (primary N) is 1. The predicted molar refractivity (Wildman–Crippen MR) is 56.1 cm³/mol. The van der Waals surface area contributed by atoms with E-state index in [1.165, 1.54) is 19.3 Å². The molecular formula is C11H25N. The smallest absolute Gasteiger partial charge is 0.00386 e. The van der Waals surface area contributed by atoms with Crippen molar-refractivity contribution in [3.63, 3.8) is 0 Å². The number of hydrogen-bond acceptors (Lipinski definition) is 1. The van der Waals surface area contributed by atoms with Crippen LogP contribution in [0.5, 0.6) is 0 Å². The lowest BCUT2D eigenvalue weighted by Crippen LogP contribution is -2.27. The van der Waals surface area contributed by atoms with E-state index in [0.717, 1.165) is 0 Å². The molecule has 0 aliphatic heterocycles. The predicted octanol–water partition coefficient (Wildman–Crippen LogP) is 3.19. The van der Waals surface area contributed by atoms with Gasteiger partial charge in [0.05, 0.1) is 0 Å². The number of rotatable bonds is 4. The van der Waals surface area contributed by atoms with Crippen molar-refractivity contribution < 1.29 is 0 Å². The standard InChI is InChI=1S/C11H25N/c1-6-10(9(2)12)7-8-11(3,4)5/h9-10H,6-8,12H2,1-5H3. The second kappa shape index (κ2) is 4.86. The maximum atomic E-state index is 5.88. The van der Waals surface area contributed by atoms with Crippen LogP contribution in [0.15, 0.2) is 0 Å². The zero-order valence-corrected chi connectivity index (χ0v) is 9.35. The molecule has 2 atom stereocenters. The van der Waals surface area contributed by atoms with Crippen LogP contribution in [0.4, 0.5) is 0 Å². The fraction of sp³-hybridized carbons (Fsp3) is 1.00. The van der Waals surface area contributed by atoms with Gasteiger partial charge in [-0.2, -0.15) is 0 Å². The van der Waals surface area contributed by atoms with Crippen LogP contribution >= 0.6 is 0 Å². The molecule has 0 saturated carbocycles. The quantitative estimate of drug-likeness (QED) is 0.690. The van der Waals surface area contributed by atoms with Crippen molar-refractivity contribution >= 4 is 0 Å². The van der Waals surface area contributed by atoms with Gasteiger partial charge < -0.3 is 5.73 Å². The Bertz CT molecular complexity index is 111. The van der Waals surface area contributed by atoms with E-state index >= 15 is 0 Å². The highest BCUT2D eigenvalue weighted by atomic mass is 14.6. The van der Waals surface area contributed by atoms with Crippen molar-refractivity contribution in [2.24, 2.45) is 17.1 Å². The van der Waals surface area contributed by atoms with E-state index in [2.05, 4.69) is 34.6 Å². The molecule has 0 aromatic rings. The first-order valence-electron chi connectivity index (χ1n) is 5.12. The van der Waals surface area contributed by atoms with Gasteiger partial charge >= 0.3 is 0 Å². The molecule has 0 aliphatic rings. The van der Waals surface area contributed by atoms with Crippen LogP contribution in [-0.2, 0) is 0 Å². The Kier molecular flexibility index (Phi) is 4.84. The monoisotopic (exact) mass is 171 g/mol. The third kappa shape index (κ3) is 5.59. The third-order valence-electron chi connectivity index (χ3n) is 2.53. The second-order valence-electron chi connectivity index (χ2n) is 5.13. The van der Waals surface area contributed by atoms with Crippen LogP contribution in [0.25, 0.3) is 0 Å². The largest absolute Gasteiger partial charge is 0.328 e. The van der Waals surface area contributed by atoms with E-state index in [-0.39, 0.29) is 0 Å². The minimum absolute atomic E-state index is 0.359. The molecule has 74 valence electrons. The van der Waals surface area contributed by atoms with E-state index in [4.69, 9.17) is 5.73 Å². The Hall–Kier alpha value is -0.0400. The molecule has 0 rings (SSSR count). The van der Waals surface area contributed by atoms with E-state index < -0.39 is 0 Å². The number of hydrogen-bond donors (Lipinski definition) is 1. The summed E-state index contributed by atoms with van der Waals surface area (Å²) in [6.45, 7) is 11.2. The first-order chi connectivity index (χ1) is 5.37. The Labute approximate surface area is 77.7 Å². The van der Waals surface area contributed by atoms with Crippen LogP contribution in [0, 0.1) is 11.3 Å². The van der Waals surface area contributed by atoms with Gasteiger partial charge in [-0.25, -0.2) is 0 Å². The molecule has 12 heavy (non-hydrogen) atoms. The summed E-state index contributed by atoms with van der Waals surface area (Å²) in [5.41, 5.74) is 6.34. The Balaban J connectivity index is 3.73. The first-order valence-corrected chi connectivity index (χ1v) is 5.12. The second-order valence-corrected chi connectivity index (χ2v) is 5.13. The summed E-state index contributed by atoms with van der Waals surface area (Å²) in [6.07, 6.45) is 3.78. The lowest BCUT2D eigenvalue weighted by Gasteiger charge is -2.24. The summed E-state index contributed by atoms with van der Waals surface area (Å²) < 4.78 is 0. The summed E-state index contributed by atoms with van der Waals surface area (Å²) in [5, 5.41) is 0. The third-order valence-corrected chi connectivity index (χ3v) is 2.53. The fourth-order valence-corrected chi connectivity index (χ4v) is 1.46. The van der Waals surface area contributed by atoms with E-state index in [1.54, 1.807) is 0 Å². The molecule has 0 aromatic carbocycles. The average Bonchev–Trinajstić information content (AvgIpc) is 1.85. The van der Waals surface area contributed by atoms with Gasteiger partial charge in [0, 0.05) is 6.04 Å². The molecule has 0 spiro atoms. The summed E-state index contributed by atoms with van der Waals surface area (Å²) >= 11 is 0. The molecule has 0 heterocycles. The van der Waals surface area contributed by atoms with Gasteiger partial charge in [0.1, 0.15) is 0 Å². The molecule has 0 bridgehead atoms. The molecule has 0 radical (unpaired) electrons. The molecule has 0 aromatic heterocycles. The van der Waals surface area contributed by atoms with E-state index in [9.17, 15) is 0 Å². The Morgan fingerprint density at radius 3 is 2.00 bits per heavy atom. The van der Waals surface area contributed by atoms with Gasteiger partial charge in [-0.1, -0.05) is 34.1 Å². The topological polar surface area (TPSA) is 26.0 Å². The molecule has 2 N–H and O–H groups in total. The SMILES string of the molecule is CCC(CCC(C)(C)C)C(C)N. The Morgan fingerprint density at radius 1 is 1.25 bits per heavy atom. The first kappa shape index (κ1) is 12.0. The molecule has 2 unspecified atom stereocenters. The molecule has 0 amide bonds. The molecule has 0 fully saturated rings. The van der Waals surface area contributed by atoms with Gasteiger partial charge in [-0.05, 0) is 31.1 Å². The summed E-state index contributed by atoms with van der Waals surface area (Å²) in [4.78, 5) is 0. The highest BCUT2D eigenvalue weighted by Gasteiger charge is 2.16. The zero-order chi connectivity index (χ0) is 9.78. The van der Waals surface area contributed by atoms with Crippen molar-refractivity contribution in [1.29, 1.82) is 0 Å². The highest BCUT2D eigenvalue weighted by molar-refractivity contribution is 4.71. The van der Waals surface area contributed by atoms with Crippen LogP contribution in [-0.4, -0.2) is 6.04 Å². The lowest BCUT2D eigenvalue weighted by atomic mass is 9.84. The zero-order valence-electron chi connectivity index (χ0n) is 9.35. The lowest BCUT2D eigenvalue weighted by molar-refractivity contribution is 0.297.